The van der Waals surface area contributed by atoms with E-state index >= 15 is 0 Å². The number of carbonyl (C=O) groups is 2. The quantitative estimate of drug-likeness (QED) is 0.663. The van der Waals surface area contributed by atoms with Crippen LogP contribution in [0.15, 0.2) is 40.9 Å². The molecule has 0 saturated carbocycles. The third-order valence-electron chi connectivity index (χ3n) is 2.98. The van der Waals surface area contributed by atoms with Crippen LogP contribution in [0.3, 0.4) is 0 Å². The highest BCUT2D eigenvalue weighted by molar-refractivity contribution is 9.10. The number of carbonyl (C=O) groups excluding carboxylic acids is 2. The molecule has 1 aromatic rings. The van der Waals surface area contributed by atoms with Crippen LogP contribution in [0, 0.1) is 5.92 Å². The lowest BCUT2D eigenvalue weighted by Gasteiger charge is -2.10. The van der Waals surface area contributed by atoms with Crippen LogP contribution in [0.1, 0.15) is 29.6 Å². The first-order valence-electron chi connectivity index (χ1n) is 6.16. The molecule has 100 valence electrons. The molecule has 1 aromatic carbocycles. The van der Waals surface area contributed by atoms with Gasteiger partial charge in [0.05, 0.1) is 0 Å². The predicted molar refractivity (Wildman–Crippen MR) is 76.2 cm³/mol. The maximum atomic E-state index is 11.7. The monoisotopic (exact) mass is 322 g/mol. The van der Waals surface area contributed by atoms with Gasteiger partial charge in [0.1, 0.15) is 0 Å². The van der Waals surface area contributed by atoms with Crippen molar-refractivity contribution in [3.63, 3.8) is 0 Å². The van der Waals surface area contributed by atoms with Crippen molar-refractivity contribution in [3.8, 4) is 0 Å². The molecule has 0 bridgehead atoms. The van der Waals surface area contributed by atoms with Crippen molar-refractivity contribution in [3.05, 3.63) is 46.5 Å². The van der Waals surface area contributed by atoms with Crippen LogP contribution >= 0.6 is 15.9 Å². The average Bonchev–Trinajstić information content (AvgIpc) is 2.89. The van der Waals surface area contributed by atoms with Crippen LogP contribution in [0.2, 0.25) is 0 Å². The second kappa shape index (κ2) is 6.52. The van der Waals surface area contributed by atoms with Gasteiger partial charge in [-0.3, -0.25) is 20.4 Å². The topological polar surface area (TPSA) is 58.2 Å². The Labute approximate surface area is 120 Å². The summed E-state index contributed by atoms with van der Waals surface area (Å²) in [7, 11) is 0. The molecule has 1 aliphatic carbocycles. The van der Waals surface area contributed by atoms with Gasteiger partial charge in [-0.15, -0.1) is 0 Å². The van der Waals surface area contributed by atoms with Crippen LogP contribution < -0.4 is 10.9 Å². The first kappa shape index (κ1) is 13.8. The molecule has 2 N–H and O–H groups in total. The third kappa shape index (κ3) is 4.21. The first-order valence-corrected chi connectivity index (χ1v) is 6.96. The van der Waals surface area contributed by atoms with Gasteiger partial charge < -0.3 is 0 Å². The van der Waals surface area contributed by atoms with Crippen LogP contribution in [0.25, 0.3) is 0 Å². The standard InChI is InChI=1S/C14H15BrN2O2/c15-12-7-5-11(6-8-12)14(19)17-16-13(18)9-10-3-1-2-4-10/h1,3,5-8,10H,2,4,9H2,(H,16,18)(H,17,19). The minimum Gasteiger partial charge on any atom is -0.273 e. The normalized spacial score (nSPS) is 17.2. The fraction of sp³-hybridized carbons (Fsp3) is 0.286. The summed E-state index contributed by atoms with van der Waals surface area (Å²) < 4.78 is 0.904. The highest BCUT2D eigenvalue weighted by atomic mass is 79.9. The number of nitrogens with one attached hydrogen (secondary N) is 2. The van der Waals surface area contributed by atoms with E-state index in [0.29, 0.717) is 17.9 Å². The third-order valence-corrected chi connectivity index (χ3v) is 3.51. The first-order chi connectivity index (χ1) is 9.15. The molecular weight excluding hydrogens is 308 g/mol. The van der Waals surface area contributed by atoms with E-state index in [1.165, 1.54) is 0 Å². The zero-order valence-electron chi connectivity index (χ0n) is 10.4. The minimum absolute atomic E-state index is 0.165. The molecule has 0 spiro atoms. The molecule has 19 heavy (non-hydrogen) atoms. The van der Waals surface area contributed by atoms with Gasteiger partial charge in [-0.2, -0.15) is 0 Å². The lowest BCUT2D eigenvalue weighted by atomic mass is 10.1. The minimum atomic E-state index is -0.317. The Bertz CT molecular complexity index is 497. The summed E-state index contributed by atoms with van der Waals surface area (Å²) in [6.45, 7) is 0. The second-order valence-electron chi connectivity index (χ2n) is 4.48. The van der Waals surface area contributed by atoms with Crippen molar-refractivity contribution in [2.45, 2.75) is 19.3 Å². The maximum absolute atomic E-state index is 11.7. The Morgan fingerprint density at radius 1 is 1.21 bits per heavy atom. The summed E-state index contributed by atoms with van der Waals surface area (Å²) in [5, 5.41) is 0. The Kier molecular flexibility index (Phi) is 4.74. The summed E-state index contributed by atoms with van der Waals surface area (Å²) in [5.74, 6) is -0.186. The van der Waals surface area contributed by atoms with Crippen LogP contribution in [0.4, 0.5) is 0 Å². The molecule has 0 saturated heterocycles. The summed E-state index contributed by atoms with van der Waals surface area (Å²) in [4.78, 5) is 23.4. The average molecular weight is 323 g/mol. The highest BCUT2D eigenvalue weighted by Gasteiger charge is 2.14. The number of rotatable bonds is 3. The number of halogens is 1. The largest absolute Gasteiger partial charge is 0.273 e. The summed E-state index contributed by atoms with van der Waals surface area (Å²) in [5.41, 5.74) is 5.36. The number of hydrogen-bond donors (Lipinski definition) is 2. The molecule has 5 heteroatoms. The number of hydrogen-bond acceptors (Lipinski definition) is 2. The highest BCUT2D eigenvalue weighted by Crippen LogP contribution is 2.19. The van der Waals surface area contributed by atoms with Gasteiger partial charge in [-0.1, -0.05) is 28.1 Å². The Hall–Kier alpha value is -1.62. The Morgan fingerprint density at radius 3 is 2.58 bits per heavy atom. The molecule has 4 nitrogen and oxygen atoms in total. The van der Waals surface area contributed by atoms with E-state index in [-0.39, 0.29) is 11.8 Å². The van der Waals surface area contributed by atoms with Crippen molar-refractivity contribution in [1.82, 2.24) is 10.9 Å². The molecule has 0 aromatic heterocycles. The van der Waals surface area contributed by atoms with Crippen molar-refractivity contribution in [2.75, 3.05) is 0 Å². The molecule has 1 aliphatic rings. The lowest BCUT2D eigenvalue weighted by Crippen LogP contribution is -2.42. The predicted octanol–water partition coefficient (Wildman–Crippen LogP) is 2.57. The van der Waals surface area contributed by atoms with Gasteiger partial charge in [0.2, 0.25) is 5.91 Å². The smallest absolute Gasteiger partial charge is 0.269 e. The molecule has 2 rings (SSSR count). The molecule has 0 fully saturated rings. The molecule has 0 heterocycles. The van der Waals surface area contributed by atoms with Gasteiger partial charge in [-0.05, 0) is 43.0 Å². The molecule has 1 atom stereocenters. The van der Waals surface area contributed by atoms with Gasteiger partial charge in [0.25, 0.3) is 5.91 Å². The van der Waals surface area contributed by atoms with E-state index < -0.39 is 0 Å². The summed E-state index contributed by atoms with van der Waals surface area (Å²) in [6, 6.07) is 6.93. The van der Waals surface area contributed by atoms with Gasteiger partial charge in [0, 0.05) is 16.5 Å². The summed E-state index contributed by atoms with van der Waals surface area (Å²) in [6.07, 6.45) is 6.59. The molecular formula is C14H15BrN2O2. The Balaban J connectivity index is 1.78. The van der Waals surface area contributed by atoms with E-state index in [4.69, 9.17) is 0 Å². The van der Waals surface area contributed by atoms with Gasteiger partial charge in [-0.25, -0.2) is 0 Å². The number of amides is 2. The van der Waals surface area contributed by atoms with E-state index in [2.05, 4.69) is 38.9 Å². The SMILES string of the molecule is O=C(CC1C=CCC1)NNC(=O)c1ccc(Br)cc1. The fourth-order valence-corrected chi connectivity index (χ4v) is 2.22. The number of hydrazine groups is 1. The molecule has 0 radical (unpaired) electrons. The number of benzene rings is 1. The second-order valence-corrected chi connectivity index (χ2v) is 5.39. The van der Waals surface area contributed by atoms with Crippen molar-refractivity contribution < 1.29 is 9.59 Å². The lowest BCUT2D eigenvalue weighted by molar-refractivity contribution is -0.122. The van der Waals surface area contributed by atoms with Crippen LogP contribution in [-0.2, 0) is 4.79 Å². The molecule has 2 amide bonds. The summed E-state index contributed by atoms with van der Waals surface area (Å²) >= 11 is 3.30. The van der Waals surface area contributed by atoms with Crippen LogP contribution in [0.5, 0.6) is 0 Å². The zero-order chi connectivity index (χ0) is 13.7. The van der Waals surface area contributed by atoms with E-state index in [1.54, 1.807) is 24.3 Å². The zero-order valence-corrected chi connectivity index (χ0v) is 11.9. The van der Waals surface area contributed by atoms with Crippen LogP contribution in [-0.4, -0.2) is 11.8 Å². The van der Waals surface area contributed by atoms with Crippen molar-refractivity contribution >= 4 is 27.7 Å². The maximum Gasteiger partial charge on any atom is 0.269 e. The van der Waals surface area contributed by atoms with Crippen molar-refractivity contribution in [2.24, 2.45) is 5.92 Å². The van der Waals surface area contributed by atoms with E-state index in [1.807, 2.05) is 0 Å². The molecule has 1 unspecified atom stereocenters. The van der Waals surface area contributed by atoms with Gasteiger partial charge >= 0.3 is 0 Å². The Morgan fingerprint density at radius 2 is 1.95 bits per heavy atom. The van der Waals surface area contributed by atoms with E-state index in [0.717, 1.165) is 17.3 Å². The fourth-order valence-electron chi connectivity index (χ4n) is 1.95. The molecule has 0 aliphatic heterocycles. The van der Waals surface area contributed by atoms with Crippen molar-refractivity contribution in [1.29, 1.82) is 0 Å². The number of allylic oxidation sites excluding steroid dienone is 2. The van der Waals surface area contributed by atoms with Gasteiger partial charge in [0.15, 0.2) is 0 Å². The van der Waals surface area contributed by atoms with E-state index in [9.17, 15) is 9.59 Å².